The van der Waals surface area contributed by atoms with Crippen LogP contribution in [0.4, 0.5) is 0 Å². The van der Waals surface area contributed by atoms with E-state index in [-0.39, 0.29) is 5.78 Å². The van der Waals surface area contributed by atoms with Crippen LogP contribution in [0.15, 0.2) is 34.7 Å². The fraction of sp³-hybridized carbons (Fsp3) is 0.214. The Kier molecular flexibility index (Phi) is 3.34. The Hall–Kier alpha value is -1.54. The SMILES string of the molecule is CC(=O)Cc1ccc(-c2ccc(Cl)cc2C)o1. The summed E-state index contributed by atoms with van der Waals surface area (Å²) in [6.45, 7) is 3.53. The van der Waals surface area contributed by atoms with E-state index in [1.165, 1.54) is 0 Å². The molecule has 0 saturated carbocycles. The summed E-state index contributed by atoms with van der Waals surface area (Å²) in [5.41, 5.74) is 2.06. The lowest BCUT2D eigenvalue weighted by Gasteiger charge is -2.02. The van der Waals surface area contributed by atoms with Gasteiger partial charge in [0.2, 0.25) is 0 Å². The highest BCUT2D eigenvalue weighted by Gasteiger charge is 2.08. The van der Waals surface area contributed by atoms with Crippen molar-refractivity contribution >= 4 is 17.4 Å². The normalized spacial score (nSPS) is 10.5. The minimum Gasteiger partial charge on any atom is -0.461 e. The maximum atomic E-state index is 11.0. The van der Waals surface area contributed by atoms with E-state index in [0.717, 1.165) is 16.9 Å². The molecule has 17 heavy (non-hydrogen) atoms. The summed E-state index contributed by atoms with van der Waals surface area (Å²) in [5, 5.41) is 0.710. The summed E-state index contributed by atoms with van der Waals surface area (Å²) in [4.78, 5) is 11.0. The highest BCUT2D eigenvalue weighted by molar-refractivity contribution is 6.30. The molecule has 0 atom stereocenters. The Morgan fingerprint density at radius 2 is 2.06 bits per heavy atom. The number of halogens is 1. The molecule has 0 aliphatic rings. The minimum atomic E-state index is 0.0960. The fourth-order valence-corrected chi connectivity index (χ4v) is 1.99. The summed E-state index contributed by atoms with van der Waals surface area (Å²) in [5.74, 6) is 1.57. The summed E-state index contributed by atoms with van der Waals surface area (Å²) in [6, 6.07) is 9.37. The lowest BCUT2D eigenvalue weighted by Crippen LogP contribution is -1.93. The van der Waals surface area contributed by atoms with Crippen LogP contribution in [-0.4, -0.2) is 5.78 Å². The maximum Gasteiger partial charge on any atom is 0.137 e. The highest BCUT2D eigenvalue weighted by Crippen LogP contribution is 2.27. The van der Waals surface area contributed by atoms with Crippen molar-refractivity contribution in [2.75, 3.05) is 0 Å². The van der Waals surface area contributed by atoms with E-state index in [1.54, 1.807) is 6.92 Å². The molecule has 0 unspecified atom stereocenters. The number of aryl methyl sites for hydroxylation is 1. The second-order valence-corrected chi connectivity index (χ2v) is 4.54. The zero-order valence-electron chi connectivity index (χ0n) is 9.79. The molecule has 0 aliphatic carbocycles. The Morgan fingerprint density at radius 1 is 1.29 bits per heavy atom. The van der Waals surface area contributed by atoms with Gasteiger partial charge in [-0.3, -0.25) is 4.79 Å². The molecule has 1 aromatic heterocycles. The van der Waals surface area contributed by atoms with Gasteiger partial charge in [-0.1, -0.05) is 11.6 Å². The van der Waals surface area contributed by atoms with Gasteiger partial charge < -0.3 is 4.42 Å². The smallest absolute Gasteiger partial charge is 0.137 e. The zero-order chi connectivity index (χ0) is 12.4. The van der Waals surface area contributed by atoms with Crippen molar-refractivity contribution < 1.29 is 9.21 Å². The van der Waals surface area contributed by atoms with Crippen molar-refractivity contribution in [1.82, 2.24) is 0 Å². The molecular weight excluding hydrogens is 236 g/mol. The summed E-state index contributed by atoms with van der Waals surface area (Å²) < 4.78 is 5.64. The average molecular weight is 249 g/mol. The lowest BCUT2D eigenvalue weighted by atomic mass is 10.1. The average Bonchev–Trinajstić information content (AvgIpc) is 2.65. The molecule has 0 radical (unpaired) electrons. The third kappa shape index (κ3) is 2.77. The summed E-state index contributed by atoms with van der Waals surface area (Å²) in [7, 11) is 0. The molecule has 0 bridgehead atoms. The van der Waals surface area contributed by atoms with Crippen molar-refractivity contribution in [3.63, 3.8) is 0 Å². The Morgan fingerprint density at radius 3 is 2.71 bits per heavy atom. The van der Waals surface area contributed by atoms with Crippen LogP contribution in [0.3, 0.4) is 0 Å². The highest BCUT2D eigenvalue weighted by atomic mass is 35.5. The first-order valence-electron chi connectivity index (χ1n) is 5.41. The number of Topliss-reactive ketones (excluding diaryl/α,β-unsaturated/α-hetero) is 1. The molecule has 1 aromatic carbocycles. The van der Waals surface area contributed by atoms with Gasteiger partial charge in [-0.15, -0.1) is 0 Å². The van der Waals surface area contributed by atoms with E-state index < -0.39 is 0 Å². The molecule has 0 amide bonds. The van der Waals surface area contributed by atoms with E-state index in [1.807, 2.05) is 37.3 Å². The lowest BCUT2D eigenvalue weighted by molar-refractivity contribution is -0.116. The minimum absolute atomic E-state index is 0.0960. The van der Waals surface area contributed by atoms with Crippen LogP contribution in [0, 0.1) is 6.92 Å². The standard InChI is InChI=1S/C14H13ClO2/c1-9-7-11(15)3-5-13(9)14-6-4-12(17-14)8-10(2)16/h3-7H,8H2,1-2H3. The zero-order valence-corrected chi connectivity index (χ0v) is 10.5. The number of carbonyl (C=O) groups is 1. The van der Waals surface area contributed by atoms with Crippen molar-refractivity contribution in [1.29, 1.82) is 0 Å². The number of hydrogen-bond acceptors (Lipinski definition) is 2. The van der Waals surface area contributed by atoms with Crippen LogP contribution in [-0.2, 0) is 11.2 Å². The Balaban J connectivity index is 2.33. The first kappa shape index (κ1) is 11.9. The van der Waals surface area contributed by atoms with Crippen LogP contribution in [0.2, 0.25) is 5.02 Å². The molecule has 0 spiro atoms. The number of furan rings is 1. The first-order valence-corrected chi connectivity index (χ1v) is 5.79. The maximum absolute atomic E-state index is 11.0. The van der Waals surface area contributed by atoms with E-state index in [2.05, 4.69) is 0 Å². The van der Waals surface area contributed by atoms with Gasteiger partial charge in [0.15, 0.2) is 0 Å². The summed E-state index contributed by atoms with van der Waals surface area (Å²) in [6.07, 6.45) is 0.340. The molecule has 0 fully saturated rings. The third-order valence-corrected chi connectivity index (χ3v) is 2.77. The van der Waals surface area contributed by atoms with Gasteiger partial charge in [-0.05, 0) is 49.7 Å². The first-order chi connectivity index (χ1) is 8.06. The topological polar surface area (TPSA) is 30.2 Å². The molecule has 2 nitrogen and oxygen atoms in total. The van der Waals surface area contributed by atoms with Crippen LogP contribution in [0.5, 0.6) is 0 Å². The van der Waals surface area contributed by atoms with Crippen LogP contribution in [0.25, 0.3) is 11.3 Å². The number of carbonyl (C=O) groups excluding carboxylic acids is 1. The van der Waals surface area contributed by atoms with Gasteiger partial charge >= 0.3 is 0 Å². The van der Waals surface area contributed by atoms with Gasteiger partial charge in [0.1, 0.15) is 17.3 Å². The second kappa shape index (κ2) is 4.76. The van der Waals surface area contributed by atoms with Crippen molar-refractivity contribution in [3.05, 3.63) is 46.7 Å². The van der Waals surface area contributed by atoms with Crippen molar-refractivity contribution in [2.24, 2.45) is 0 Å². The van der Waals surface area contributed by atoms with Crippen LogP contribution in [0.1, 0.15) is 18.2 Å². The number of hydrogen-bond donors (Lipinski definition) is 0. The molecule has 0 aliphatic heterocycles. The molecular formula is C14H13ClO2. The molecule has 2 aromatic rings. The number of rotatable bonds is 3. The second-order valence-electron chi connectivity index (χ2n) is 4.10. The molecule has 3 heteroatoms. The van der Waals surface area contributed by atoms with Gasteiger partial charge in [-0.2, -0.15) is 0 Å². The third-order valence-electron chi connectivity index (χ3n) is 2.54. The van der Waals surface area contributed by atoms with Gasteiger partial charge in [0, 0.05) is 10.6 Å². The number of benzene rings is 1. The molecule has 2 rings (SSSR count). The quantitative estimate of drug-likeness (QED) is 0.821. The van der Waals surface area contributed by atoms with Gasteiger partial charge in [0.25, 0.3) is 0 Å². The monoisotopic (exact) mass is 248 g/mol. The predicted molar refractivity (Wildman–Crippen MR) is 68.3 cm³/mol. The van der Waals surface area contributed by atoms with Gasteiger partial charge in [0.05, 0.1) is 6.42 Å². The van der Waals surface area contributed by atoms with Crippen LogP contribution >= 0.6 is 11.6 Å². The molecule has 88 valence electrons. The van der Waals surface area contributed by atoms with E-state index in [4.69, 9.17) is 16.0 Å². The number of ketones is 1. The van der Waals surface area contributed by atoms with E-state index in [9.17, 15) is 4.79 Å². The van der Waals surface area contributed by atoms with Crippen molar-refractivity contribution in [3.8, 4) is 11.3 Å². The largest absolute Gasteiger partial charge is 0.461 e. The Bertz CT molecular complexity index is 555. The Labute approximate surface area is 105 Å². The predicted octanol–water partition coefficient (Wildman–Crippen LogP) is 4.04. The van der Waals surface area contributed by atoms with Gasteiger partial charge in [-0.25, -0.2) is 0 Å². The van der Waals surface area contributed by atoms with E-state index >= 15 is 0 Å². The summed E-state index contributed by atoms with van der Waals surface area (Å²) >= 11 is 5.90. The van der Waals surface area contributed by atoms with E-state index in [0.29, 0.717) is 17.2 Å². The fourth-order valence-electron chi connectivity index (χ4n) is 1.77. The molecule has 0 N–H and O–H groups in total. The van der Waals surface area contributed by atoms with Crippen LogP contribution < -0.4 is 0 Å². The van der Waals surface area contributed by atoms with Crippen molar-refractivity contribution in [2.45, 2.75) is 20.3 Å². The molecule has 0 saturated heterocycles. The molecule has 1 heterocycles.